The monoisotopic (exact) mass is 539 g/mol. The van der Waals surface area contributed by atoms with Gasteiger partial charge in [-0.3, -0.25) is 9.52 Å². The van der Waals surface area contributed by atoms with Gasteiger partial charge in [0.1, 0.15) is 0 Å². The van der Waals surface area contributed by atoms with Crippen molar-refractivity contribution in [1.29, 1.82) is 0 Å². The summed E-state index contributed by atoms with van der Waals surface area (Å²) in [4.78, 5) is 13.2. The first-order chi connectivity index (χ1) is 17.4. The van der Waals surface area contributed by atoms with Crippen LogP contribution < -0.4 is 10.0 Å². The SMILES string of the molecule is Cc1ccc(C(=O)NC23CC(c4ccccc4)(C2)C3)c(NS(=O)(=O)c2ccc(S(=O)(=O)N(C)C)cc2)c1. The highest BCUT2D eigenvalue weighted by atomic mass is 32.2. The molecule has 37 heavy (non-hydrogen) atoms. The van der Waals surface area contributed by atoms with Crippen LogP contribution in [0.15, 0.2) is 82.6 Å². The van der Waals surface area contributed by atoms with Crippen molar-refractivity contribution in [2.75, 3.05) is 18.8 Å². The third kappa shape index (κ3) is 4.43. The quantitative estimate of drug-likeness (QED) is 0.454. The normalized spacial score (nSPS) is 22.6. The number of hydrogen-bond donors (Lipinski definition) is 2. The minimum absolute atomic E-state index is 0.0149. The molecule has 3 aliphatic rings. The Bertz CT molecular complexity index is 1560. The molecule has 0 radical (unpaired) electrons. The van der Waals surface area contributed by atoms with E-state index in [1.165, 1.54) is 43.9 Å². The van der Waals surface area contributed by atoms with Crippen LogP contribution in [0.3, 0.4) is 0 Å². The zero-order valence-corrected chi connectivity index (χ0v) is 22.5. The van der Waals surface area contributed by atoms with E-state index in [1.807, 2.05) is 25.1 Å². The van der Waals surface area contributed by atoms with Crippen molar-refractivity contribution < 1.29 is 21.6 Å². The molecule has 3 aromatic carbocycles. The molecular formula is C27H29N3O5S2. The Morgan fingerprint density at radius 1 is 0.838 bits per heavy atom. The average Bonchev–Trinajstić information content (AvgIpc) is 2.80. The summed E-state index contributed by atoms with van der Waals surface area (Å²) in [6, 6.07) is 20.3. The summed E-state index contributed by atoms with van der Waals surface area (Å²) in [6.45, 7) is 1.81. The highest BCUT2D eigenvalue weighted by Gasteiger charge is 2.68. The van der Waals surface area contributed by atoms with Crippen LogP contribution in [-0.2, 0) is 25.5 Å². The largest absolute Gasteiger partial charge is 0.346 e. The fourth-order valence-electron chi connectivity index (χ4n) is 5.47. The molecule has 0 spiro atoms. The molecule has 2 N–H and O–H groups in total. The van der Waals surface area contributed by atoms with E-state index in [9.17, 15) is 21.6 Å². The van der Waals surface area contributed by atoms with Crippen molar-refractivity contribution in [1.82, 2.24) is 9.62 Å². The zero-order chi connectivity index (χ0) is 26.6. The molecule has 3 saturated carbocycles. The van der Waals surface area contributed by atoms with Gasteiger partial charge >= 0.3 is 0 Å². The standard InChI is InChI=1S/C27H29N3O5S2/c1-19-9-14-23(25(31)28-27-16-26(17-27,18-27)20-7-5-4-6-8-20)24(15-19)29-36(32,33)21-10-12-22(13-11-21)37(34,35)30(2)3/h4-15,29H,16-18H2,1-3H3,(H,28,31). The minimum atomic E-state index is -4.08. The second-order valence-electron chi connectivity index (χ2n) is 10.3. The van der Waals surface area contributed by atoms with Gasteiger partial charge in [0.25, 0.3) is 15.9 Å². The number of carbonyl (C=O) groups is 1. The Morgan fingerprint density at radius 2 is 1.43 bits per heavy atom. The molecule has 8 nitrogen and oxygen atoms in total. The number of benzene rings is 3. The number of nitrogens with zero attached hydrogens (tertiary/aromatic N) is 1. The zero-order valence-electron chi connectivity index (χ0n) is 20.9. The van der Waals surface area contributed by atoms with E-state index in [1.54, 1.807) is 18.2 Å². The van der Waals surface area contributed by atoms with Crippen LogP contribution in [0.4, 0.5) is 5.69 Å². The highest BCUT2D eigenvalue weighted by Crippen LogP contribution is 2.67. The smallest absolute Gasteiger partial charge is 0.261 e. The summed E-state index contributed by atoms with van der Waals surface area (Å²) < 4.78 is 54.5. The van der Waals surface area contributed by atoms with Gasteiger partial charge in [-0.2, -0.15) is 0 Å². The molecule has 194 valence electrons. The maximum Gasteiger partial charge on any atom is 0.261 e. The first kappa shape index (κ1) is 25.4. The van der Waals surface area contributed by atoms with Crippen molar-refractivity contribution in [2.24, 2.45) is 0 Å². The Morgan fingerprint density at radius 3 is 2.03 bits per heavy atom. The van der Waals surface area contributed by atoms with Crippen LogP contribution in [0.25, 0.3) is 0 Å². The number of sulfonamides is 2. The predicted octanol–water partition coefficient (Wildman–Crippen LogP) is 3.65. The lowest BCUT2D eigenvalue weighted by Crippen LogP contribution is -2.76. The lowest BCUT2D eigenvalue weighted by atomic mass is 9.37. The fourth-order valence-corrected chi connectivity index (χ4v) is 7.44. The van der Waals surface area contributed by atoms with Crippen LogP contribution in [-0.4, -0.2) is 46.7 Å². The molecule has 0 unspecified atom stereocenters. The molecule has 3 fully saturated rings. The Labute approximate surface area is 217 Å². The number of hydrogen-bond acceptors (Lipinski definition) is 5. The van der Waals surface area contributed by atoms with Crippen molar-refractivity contribution in [3.05, 3.63) is 89.5 Å². The Kier molecular flexibility index (Phi) is 5.97. The van der Waals surface area contributed by atoms with Crippen molar-refractivity contribution in [3.63, 3.8) is 0 Å². The molecule has 3 aromatic rings. The summed E-state index contributed by atoms with van der Waals surface area (Å²) in [6.07, 6.45) is 2.60. The van der Waals surface area contributed by atoms with Gasteiger partial charge in [-0.05, 0) is 73.7 Å². The molecule has 0 aromatic heterocycles. The topological polar surface area (TPSA) is 113 Å². The van der Waals surface area contributed by atoms with E-state index in [0.29, 0.717) is 0 Å². The van der Waals surface area contributed by atoms with Crippen LogP contribution in [0, 0.1) is 6.92 Å². The number of rotatable bonds is 8. The van der Waals surface area contributed by atoms with Gasteiger partial charge in [-0.1, -0.05) is 36.4 Å². The molecule has 2 bridgehead atoms. The molecule has 0 aliphatic heterocycles. The van der Waals surface area contributed by atoms with Gasteiger partial charge < -0.3 is 5.32 Å². The van der Waals surface area contributed by atoms with E-state index >= 15 is 0 Å². The summed E-state index contributed by atoms with van der Waals surface area (Å²) in [5.41, 5.74) is 2.35. The van der Waals surface area contributed by atoms with E-state index < -0.39 is 20.0 Å². The summed E-state index contributed by atoms with van der Waals surface area (Å²) in [7, 11) is -4.96. The third-order valence-corrected chi connectivity index (χ3v) is 10.6. The van der Waals surface area contributed by atoms with Gasteiger partial charge in [0.2, 0.25) is 10.0 Å². The number of aryl methyl sites for hydroxylation is 1. The molecule has 3 aliphatic carbocycles. The van der Waals surface area contributed by atoms with Gasteiger partial charge in [-0.25, -0.2) is 21.1 Å². The molecular weight excluding hydrogens is 510 g/mol. The Hall–Kier alpha value is -3.21. The van der Waals surface area contributed by atoms with Crippen molar-refractivity contribution >= 4 is 31.6 Å². The molecule has 0 heterocycles. The maximum atomic E-state index is 13.3. The third-order valence-electron chi connectivity index (χ3n) is 7.37. The summed E-state index contributed by atoms with van der Waals surface area (Å²) in [5.74, 6) is -0.327. The van der Waals surface area contributed by atoms with Crippen molar-refractivity contribution in [2.45, 2.75) is 46.9 Å². The van der Waals surface area contributed by atoms with Crippen LogP contribution in [0.1, 0.15) is 40.7 Å². The molecule has 6 rings (SSSR count). The lowest BCUT2D eigenvalue weighted by molar-refractivity contribution is -0.0807. The lowest BCUT2D eigenvalue weighted by Gasteiger charge is -2.71. The number of nitrogens with one attached hydrogen (secondary N) is 2. The van der Waals surface area contributed by atoms with E-state index in [-0.39, 0.29) is 37.9 Å². The molecule has 0 saturated heterocycles. The maximum absolute atomic E-state index is 13.3. The first-order valence-corrected chi connectivity index (χ1v) is 14.8. The summed E-state index contributed by atoms with van der Waals surface area (Å²) >= 11 is 0. The predicted molar refractivity (Wildman–Crippen MR) is 141 cm³/mol. The van der Waals surface area contributed by atoms with Gasteiger partial charge in [0.15, 0.2) is 0 Å². The highest BCUT2D eigenvalue weighted by molar-refractivity contribution is 7.92. The summed E-state index contributed by atoms with van der Waals surface area (Å²) in [5, 5.41) is 3.14. The molecule has 1 amide bonds. The van der Waals surface area contributed by atoms with Crippen molar-refractivity contribution in [3.8, 4) is 0 Å². The Balaban J connectivity index is 1.33. The number of amides is 1. The van der Waals surface area contributed by atoms with Gasteiger partial charge in [0.05, 0.1) is 21.0 Å². The molecule has 0 atom stereocenters. The number of anilines is 1. The second-order valence-corrected chi connectivity index (χ2v) is 14.2. The van der Waals surface area contributed by atoms with Gasteiger partial charge in [-0.15, -0.1) is 0 Å². The van der Waals surface area contributed by atoms with Crippen LogP contribution in [0.5, 0.6) is 0 Å². The average molecular weight is 540 g/mol. The minimum Gasteiger partial charge on any atom is -0.346 e. The molecule has 10 heteroatoms. The van der Waals surface area contributed by atoms with Gasteiger partial charge in [0, 0.05) is 25.0 Å². The van der Waals surface area contributed by atoms with E-state index in [4.69, 9.17) is 0 Å². The van der Waals surface area contributed by atoms with Crippen LogP contribution in [0.2, 0.25) is 0 Å². The fraction of sp³-hybridized carbons (Fsp3) is 0.296. The van der Waals surface area contributed by atoms with E-state index in [0.717, 1.165) is 29.1 Å². The number of carbonyl (C=O) groups excluding carboxylic acids is 1. The van der Waals surface area contributed by atoms with E-state index in [2.05, 4.69) is 22.2 Å². The van der Waals surface area contributed by atoms with Crippen LogP contribution >= 0.6 is 0 Å². The second kappa shape index (κ2) is 8.68. The first-order valence-electron chi connectivity index (χ1n) is 11.9.